The summed E-state index contributed by atoms with van der Waals surface area (Å²) in [4.78, 5) is 25.2. The van der Waals surface area contributed by atoms with E-state index in [4.69, 9.17) is 23.7 Å². The van der Waals surface area contributed by atoms with E-state index in [2.05, 4.69) is 20.3 Å². The summed E-state index contributed by atoms with van der Waals surface area (Å²) in [5, 5.41) is 3.41. The molecule has 0 bridgehead atoms. The zero-order valence-corrected chi connectivity index (χ0v) is 24.7. The van der Waals surface area contributed by atoms with Gasteiger partial charge in [-0.1, -0.05) is 36.0 Å². The maximum atomic E-state index is 11.6. The van der Waals surface area contributed by atoms with Gasteiger partial charge in [-0.25, -0.2) is 15.0 Å². The maximum Gasteiger partial charge on any atom is 0.185 e. The van der Waals surface area contributed by atoms with E-state index in [1.54, 1.807) is 20.4 Å². The third kappa shape index (κ3) is 6.07. The number of thioether (sulfide) groups is 1. The Labute approximate surface area is 247 Å². The minimum absolute atomic E-state index is 0.0315. The third-order valence-electron chi connectivity index (χ3n) is 7.16. The summed E-state index contributed by atoms with van der Waals surface area (Å²) >= 11 is 1.22. The molecule has 2 aliphatic heterocycles. The molecule has 0 saturated carbocycles. The number of aromatic nitrogens is 4. The lowest BCUT2D eigenvalue weighted by molar-refractivity contribution is -0.193. The number of nitrogens with zero attached hydrogens (tertiary/aromatic N) is 4. The van der Waals surface area contributed by atoms with Gasteiger partial charge in [0.2, 0.25) is 0 Å². The summed E-state index contributed by atoms with van der Waals surface area (Å²) in [5.74, 6) is 1.94. The zero-order chi connectivity index (χ0) is 29.3. The van der Waals surface area contributed by atoms with Crippen LogP contribution < -0.4 is 14.8 Å². The van der Waals surface area contributed by atoms with Crippen LogP contribution in [-0.2, 0) is 32.2 Å². The Balaban J connectivity index is 1.12. The second-order valence-corrected chi connectivity index (χ2v) is 11.8. The number of hydrogen-bond donors (Lipinski definition) is 1. The zero-order valence-electron chi connectivity index (χ0n) is 23.9. The Morgan fingerprint density at radius 2 is 1.71 bits per heavy atom. The molecule has 4 unspecified atom stereocenters. The minimum atomic E-state index is -0.759. The van der Waals surface area contributed by atoms with E-state index in [9.17, 15) is 4.79 Å². The average molecular weight is 592 g/mol. The highest BCUT2D eigenvalue weighted by atomic mass is 32.2. The van der Waals surface area contributed by atoms with Crippen molar-refractivity contribution in [3.05, 3.63) is 72.3 Å². The Morgan fingerprint density at radius 3 is 2.45 bits per heavy atom. The molecule has 2 aromatic carbocycles. The van der Waals surface area contributed by atoms with E-state index in [0.717, 1.165) is 22.6 Å². The smallest absolute Gasteiger partial charge is 0.185 e. The van der Waals surface area contributed by atoms with Gasteiger partial charge in [-0.3, -0.25) is 9.36 Å². The van der Waals surface area contributed by atoms with Gasteiger partial charge in [0.1, 0.15) is 36.6 Å². The van der Waals surface area contributed by atoms with Gasteiger partial charge >= 0.3 is 0 Å². The number of nitrogens with one attached hydrogen (secondary N) is 1. The number of ether oxygens (including phenoxy) is 5. The predicted molar refractivity (Wildman–Crippen MR) is 157 cm³/mol. The molecule has 0 amide bonds. The monoisotopic (exact) mass is 591 g/mol. The van der Waals surface area contributed by atoms with Gasteiger partial charge in [-0.15, -0.1) is 0 Å². The second kappa shape index (κ2) is 11.9. The molecule has 12 heteroatoms. The number of anilines is 1. The Hall–Kier alpha value is -3.71. The minimum Gasteiger partial charge on any atom is -0.497 e. The quantitative estimate of drug-likeness (QED) is 0.276. The lowest BCUT2D eigenvalue weighted by Gasteiger charge is -2.24. The largest absolute Gasteiger partial charge is 0.497 e. The molecule has 4 heterocycles. The van der Waals surface area contributed by atoms with Crippen molar-refractivity contribution in [1.29, 1.82) is 0 Å². The van der Waals surface area contributed by atoms with Gasteiger partial charge in [0, 0.05) is 19.2 Å². The van der Waals surface area contributed by atoms with E-state index in [1.165, 1.54) is 18.1 Å². The standard InChI is InChI=1S/C30H33N5O6S/c1-18(36)42-15-23-25-26(41-30(2,3)40-25)29(39-23)35-17-34-24-27(32-16-33-28(24)35)31-13-19-5-11-22(12-6-19)38-14-20-7-9-21(37-4)10-8-20/h5-12,16-17,23,25-26,29H,13-15H2,1-4H3,(H,31,32,33). The van der Waals surface area contributed by atoms with Crippen LogP contribution in [0.5, 0.6) is 11.5 Å². The fraction of sp³-hybridized carbons (Fsp3) is 0.400. The summed E-state index contributed by atoms with van der Waals surface area (Å²) < 4.78 is 31.7. The van der Waals surface area contributed by atoms with E-state index >= 15 is 0 Å². The first-order chi connectivity index (χ1) is 20.3. The van der Waals surface area contributed by atoms with Gasteiger partial charge in [0.15, 0.2) is 34.1 Å². The molecule has 2 saturated heterocycles. The fourth-order valence-corrected chi connectivity index (χ4v) is 5.83. The van der Waals surface area contributed by atoms with Crippen LogP contribution >= 0.6 is 11.8 Å². The number of fused-ring (bicyclic) bond motifs is 2. The van der Waals surface area contributed by atoms with Gasteiger partial charge < -0.3 is 29.0 Å². The van der Waals surface area contributed by atoms with Crippen LogP contribution in [0.3, 0.4) is 0 Å². The number of benzene rings is 2. The lowest BCUT2D eigenvalue weighted by atomic mass is 10.1. The molecular weight excluding hydrogens is 558 g/mol. The molecule has 6 rings (SSSR count). The molecule has 1 N–H and O–H groups in total. The molecule has 220 valence electrons. The van der Waals surface area contributed by atoms with E-state index in [-0.39, 0.29) is 23.4 Å². The van der Waals surface area contributed by atoms with Crippen LogP contribution in [0.4, 0.5) is 5.82 Å². The molecule has 4 atom stereocenters. The average Bonchev–Trinajstić information content (AvgIpc) is 3.65. The van der Waals surface area contributed by atoms with Crippen molar-refractivity contribution in [2.45, 2.75) is 64.2 Å². The normalized spacial score (nSPS) is 22.7. The molecule has 11 nitrogen and oxygen atoms in total. The number of carbonyl (C=O) groups is 1. The van der Waals surface area contributed by atoms with Crippen LogP contribution in [0.25, 0.3) is 11.2 Å². The molecule has 2 aromatic heterocycles. The Kier molecular flexibility index (Phi) is 8.04. The van der Waals surface area contributed by atoms with Crippen molar-refractivity contribution in [2.75, 3.05) is 18.2 Å². The lowest BCUT2D eigenvalue weighted by Crippen LogP contribution is -2.31. The van der Waals surface area contributed by atoms with Gasteiger partial charge in [-0.05, 0) is 49.2 Å². The Bertz CT molecular complexity index is 1540. The first-order valence-corrected chi connectivity index (χ1v) is 14.7. The summed E-state index contributed by atoms with van der Waals surface area (Å²) in [6, 6.07) is 15.7. The van der Waals surface area contributed by atoms with E-state index in [0.29, 0.717) is 35.9 Å². The molecule has 0 aliphatic carbocycles. The van der Waals surface area contributed by atoms with Gasteiger partial charge in [0.25, 0.3) is 0 Å². The third-order valence-corrected chi connectivity index (χ3v) is 8.06. The SMILES string of the molecule is COc1ccc(COc2ccc(CNc3ncnc4c3ncn4C3OC(CSC(C)=O)C4OC(C)(C)OC43)cc2)cc1. The molecule has 2 fully saturated rings. The van der Waals surface area contributed by atoms with Gasteiger partial charge in [0.05, 0.1) is 19.5 Å². The van der Waals surface area contributed by atoms with Crippen molar-refractivity contribution < 1.29 is 28.5 Å². The fourth-order valence-electron chi connectivity index (χ4n) is 5.16. The van der Waals surface area contributed by atoms with Crippen LogP contribution in [-0.4, -0.2) is 61.6 Å². The molecular formula is C30H33N5O6S. The van der Waals surface area contributed by atoms with E-state index in [1.807, 2.05) is 66.9 Å². The van der Waals surface area contributed by atoms with E-state index < -0.39 is 12.0 Å². The molecule has 0 spiro atoms. The predicted octanol–water partition coefficient (Wildman–Crippen LogP) is 4.72. The molecule has 2 aliphatic rings. The molecule has 42 heavy (non-hydrogen) atoms. The number of carbonyl (C=O) groups excluding carboxylic acids is 1. The van der Waals surface area contributed by atoms with Crippen LogP contribution in [0.15, 0.2) is 61.2 Å². The Morgan fingerprint density at radius 1 is 1.00 bits per heavy atom. The van der Waals surface area contributed by atoms with Crippen molar-refractivity contribution in [2.24, 2.45) is 0 Å². The van der Waals surface area contributed by atoms with Crippen molar-refractivity contribution >= 4 is 33.9 Å². The summed E-state index contributed by atoms with van der Waals surface area (Å²) in [6.07, 6.45) is 1.70. The van der Waals surface area contributed by atoms with Crippen molar-refractivity contribution in [1.82, 2.24) is 19.5 Å². The van der Waals surface area contributed by atoms with Crippen LogP contribution in [0, 0.1) is 0 Å². The first kappa shape index (κ1) is 28.4. The highest BCUT2D eigenvalue weighted by molar-refractivity contribution is 8.13. The van der Waals surface area contributed by atoms with Crippen molar-refractivity contribution in [3.63, 3.8) is 0 Å². The van der Waals surface area contributed by atoms with Crippen molar-refractivity contribution in [3.8, 4) is 11.5 Å². The second-order valence-electron chi connectivity index (χ2n) is 10.6. The van der Waals surface area contributed by atoms with Gasteiger partial charge in [-0.2, -0.15) is 0 Å². The topological polar surface area (TPSA) is 119 Å². The number of rotatable bonds is 10. The number of methoxy groups -OCH3 is 1. The number of imidazole rings is 1. The maximum absolute atomic E-state index is 11.6. The molecule has 4 aromatic rings. The molecule has 0 radical (unpaired) electrons. The highest BCUT2D eigenvalue weighted by Crippen LogP contribution is 2.44. The van der Waals surface area contributed by atoms with Crippen LogP contribution in [0.1, 0.15) is 38.1 Å². The summed E-state index contributed by atoms with van der Waals surface area (Å²) in [6.45, 7) is 6.32. The summed E-state index contributed by atoms with van der Waals surface area (Å²) in [5.41, 5.74) is 3.36. The first-order valence-electron chi connectivity index (χ1n) is 13.7. The highest BCUT2D eigenvalue weighted by Gasteiger charge is 2.56. The summed E-state index contributed by atoms with van der Waals surface area (Å²) in [7, 11) is 1.65. The number of hydrogen-bond acceptors (Lipinski definition) is 11. The van der Waals surface area contributed by atoms with Crippen LogP contribution in [0.2, 0.25) is 0 Å².